The summed E-state index contributed by atoms with van der Waals surface area (Å²) in [6, 6.07) is 20.2. The molecule has 0 saturated heterocycles. The summed E-state index contributed by atoms with van der Waals surface area (Å²) >= 11 is 0. The zero-order valence-electron chi connectivity index (χ0n) is 15.2. The molecule has 3 nitrogen and oxygen atoms in total. The number of nitrogens with zero attached hydrogens (tertiary/aromatic N) is 1. The number of aryl methyl sites for hydroxylation is 1. The molecule has 144 valence electrons. The zero-order chi connectivity index (χ0) is 20.0. The van der Waals surface area contributed by atoms with Gasteiger partial charge in [-0.3, -0.25) is 5.43 Å². The van der Waals surface area contributed by atoms with Crippen LogP contribution in [0.15, 0.2) is 77.9 Å². The molecule has 0 amide bonds. The van der Waals surface area contributed by atoms with Gasteiger partial charge in [0.05, 0.1) is 17.5 Å². The van der Waals surface area contributed by atoms with Crippen molar-refractivity contribution in [1.82, 2.24) is 0 Å². The van der Waals surface area contributed by atoms with Crippen molar-refractivity contribution in [3.63, 3.8) is 0 Å². The smallest absolute Gasteiger partial charge is 0.416 e. The van der Waals surface area contributed by atoms with Crippen molar-refractivity contribution >= 4 is 11.9 Å². The Bertz CT molecular complexity index is 950. The van der Waals surface area contributed by atoms with Gasteiger partial charge in [0.25, 0.3) is 0 Å². The molecule has 28 heavy (non-hydrogen) atoms. The van der Waals surface area contributed by atoms with Crippen LogP contribution >= 0.6 is 0 Å². The van der Waals surface area contributed by atoms with Crippen molar-refractivity contribution in [2.24, 2.45) is 5.10 Å². The summed E-state index contributed by atoms with van der Waals surface area (Å²) in [6.07, 6.45) is -2.87. The Labute approximate surface area is 161 Å². The highest BCUT2D eigenvalue weighted by Crippen LogP contribution is 2.30. The summed E-state index contributed by atoms with van der Waals surface area (Å²) in [5.74, 6) is 0.637. The Morgan fingerprint density at radius 2 is 1.71 bits per heavy atom. The van der Waals surface area contributed by atoms with Gasteiger partial charge in [0.2, 0.25) is 0 Å². The molecule has 3 rings (SSSR count). The molecule has 0 aliphatic heterocycles. The standard InChI is InChI=1S/C22H19F3N2O/c1-16-9-11-17(12-10-16)15-28-21-8-3-2-5-18(21)14-26-27-20-7-4-6-19(13-20)22(23,24)25/h2-14,27H,15H2,1H3. The van der Waals surface area contributed by atoms with Crippen LogP contribution in [0.4, 0.5) is 18.9 Å². The Hall–Kier alpha value is -3.28. The van der Waals surface area contributed by atoms with E-state index in [-0.39, 0.29) is 5.69 Å². The molecule has 0 heterocycles. The third-order valence-corrected chi connectivity index (χ3v) is 4.02. The quantitative estimate of drug-likeness (QED) is 0.415. The minimum atomic E-state index is -4.39. The average Bonchev–Trinajstić information content (AvgIpc) is 2.68. The Morgan fingerprint density at radius 1 is 0.964 bits per heavy atom. The molecule has 0 aliphatic carbocycles. The second-order valence-electron chi connectivity index (χ2n) is 6.26. The van der Waals surface area contributed by atoms with Gasteiger partial charge < -0.3 is 4.74 Å². The van der Waals surface area contributed by atoms with E-state index in [9.17, 15) is 13.2 Å². The number of benzene rings is 3. The molecule has 0 bridgehead atoms. The molecule has 0 unspecified atom stereocenters. The number of hydrogen-bond donors (Lipinski definition) is 1. The number of para-hydroxylation sites is 1. The first kappa shape index (κ1) is 19.5. The predicted octanol–water partition coefficient (Wildman–Crippen LogP) is 6.04. The number of nitrogens with one attached hydrogen (secondary N) is 1. The maximum atomic E-state index is 12.8. The number of hydrogen-bond acceptors (Lipinski definition) is 3. The normalized spacial score (nSPS) is 11.6. The summed E-state index contributed by atoms with van der Waals surface area (Å²) in [6.45, 7) is 2.43. The van der Waals surface area contributed by atoms with E-state index in [4.69, 9.17) is 4.74 Å². The van der Waals surface area contributed by atoms with Gasteiger partial charge in [-0.2, -0.15) is 18.3 Å². The van der Waals surface area contributed by atoms with E-state index in [1.807, 2.05) is 55.5 Å². The lowest BCUT2D eigenvalue weighted by atomic mass is 10.1. The summed E-state index contributed by atoms with van der Waals surface area (Å²) < 4.78 is 44.2. The van der Waals surface area contributed by atoms with Crippen molar-refractivity contribution in [2.45, 2.75) is 19.7 Å². The van der Waals surface area contributed by atoms with E-state index in [0.717, 1.165) is 17.7 Å². The second kappa shape index (κ2) is 8.61. The molecule has 0 aromatic heterocycles. The molecule has 0 atom stereocenters. The van der Waals surface area contributed by atoms with Gasteiger partial charge in [-0.15, -0.1) is 0 Å². The first-order valence-electron chi connectivity index (χ1n) is 8.65. The first-order valence-corrected chi connectivity index (χ1v) is 8.65. The molecule has 6 heteroatoms. The number of halogens is 3. The highest BCUT2D eigenvalue weighted by molar-refractivity contribution is 5.84. The van der Waals surface area contributed by atoms with Gasteiger partial charge in [-0.25, -0.2) is 0 Å². The van der Waals surface area contributed by atoms with Gasteiger partial charge >= 0.3 is 6.18 Å². The predicted molar refractivity (Wildman–Crippen MR) is 105 cm³/mol. The van der Waals surface area contributed by atoms with Gasteiger partial charge in [0, 0.05) is 5.56 Å². The van der Waals surface area contributed by atoms with Crippen molar-refractivity contribution in [3.05, 3.63) is 95.1 Å². The lowest BCUT2D eigenvalue weighted by molar-refractivity contribution is -0.137. The van der Waals surface area contributed by atoms with Gasteiger partial charge in [0.1, 0.15) is 12.4 Å². The van der Waals surface area contributed by atoms with Crippen LogP contribution in [0.3, 0.4) is 0 Å². The number of hydrazone groups is 1. The van der Waals surface area contributed by atoms with Gasteiger partial charge in [-0.05, 0) is 42.8 Å². The van der Waals surface area contributed by atoms with E-state index < -0.39 is 11.7 Å². The number of alkyl halides is 3. The lowest BCUT2D eigenvalue weighted by Gasteiger charge is -2.10. The molecule has 0 fully saturated rings. The second-order valence-corrected chi connectivity index (χ2v) is 6.26. The third kappa shape index (κ3) is 5.36. The summed E-state index contributed by atoms with van der Waals surface area (Å²) in [4.78, 5) is 0. The van der Waals surface area contributed by atoms with E-state index in [1.165, 1.54) is 23.9 Å². The van der Waals surface area contributed by atoms with Crippen LogP contribution in [0, 0.1) is 6.92 Å². The van der Waals surface area contributed by atoms with Gasteiger partial charge in [0.15, 0.2) is 0 Å². The molecule has 0 spiro atoms. The molecule has 0 radical (unpaired) electrons. The number of rotatable bonds is 6. The molecule has 0 aliphatic rings. The van der Waals surface area contributed by atoms with E-state index in [1.54, 1.807) is 0 Å². The molecule has 1 N–H and O–H groups in total. The van der Waals surface area contributed by atoms with Crippen LogP contribution < -0.4 is 10.2 Å². The third-order valence-electron chi connectivity index (χ3n) is 4.02. The van der Waals surface area contributed by atoms with Gasteiger partial charge in [-0.1, -0.05) is 48.0 Å². The maximum absolute atomic E-state index is 12.8. The topological polar surface area (TPSA) is 33.6 Å². The molecule has 3 aromatic carbocycles. The monoisotopic (exact) mass is 384 g/mol. The Balaban J connectivity index is 1.67. The Morgan fingerprint density at radius 3 is 2.46 bits per heavy atom. The van der Waals surface area contributed by atoms with E-state index in [2.05, 4.69) is 10.5 Å². The fraction of sp³-hybridized carbons (Fsp3) is 0.136. The van der Waals surface area contributed by atoms with Crippen LogP contribution in [0.2, 0.25) is 0 Å². The highest BCUT2D eigenvalue weighted by atomic mass is 19.4. The highest BCUT2D eigenvalue weighted by Gasteiger charge is 2.30. The maximum Gasteiger partial charge on any atom is 0.416 e. The SMILES string of the molecule is Cc1ccc(COc2ccccc2C=NNc2cccc(C(F)(F)F)c2)cc1. The number of ether oxygens (including phenoxy) is 1. The largest absolute Gasteiger partial charge is 0.488 e. The van der Waals surface area contributed by atoms with Crippen molar-refractivity contribution in [2.75, 3.05) is 5.43 Å². The minimum Gasteiger partial charge on any atom is -0.488 e. The van der Waals surface area contributed by atoms with Crippen LogP contribution in [0.25, 0.3) is 0 Å². The van der Waals surface area contributed by atoms with Crippen molar-refractivity contribution < 1.29 is 17.9 Å². The van der Waals surface area contributed by atoms with Crippen LogP contribution in [-0.2, 0) is 12.8 Å². The van der Waals surface area contributed by atoms with E-state index in [0.29, 0.717) is 17.9 Å². The fourth-order valence-corrected chi connectivity index (χ4v) is 2.51. The summed E-state index contributed by atoms with van der Waals surface area (Å²) in [7, 11) is 0. The van der Waals surface area contributed by atoms with Crippen LogP contribution in [-0.4, -0.2) is 6.21 Å². The fourth-order valence-electron chi connectivity index (χ4n) is 2.51. The summed E-state index contributed by atoms with van der Waals surface area (Å²) in [5, 5.41) is 4.04. The molecule has 0 saturated carbocycles. The molecule has 3 aromatic rings. The minimum absolute atomic E-state index is 0.254. The first-order chi connectivity index (χ1) is 13.4. The van der Waals surface area contributed by atoms with Crippen LogP contribution in [0.5, 0.6) is 5.75 Å². The van der Waals surface area contributed by atoms with Crippen molar-refractivity contribution in [3.8, 4) is 5.75 Å². The Kier molecular flexibility index (Phi) is 5.99. The zero-order valence-corrected chi connectivity index (χ0v) is 15.2. The van der Waals surface area contributed by atoms with E-state index >= 15 is 0 Å². The summed E-state index contributed by atoms with van der Waals surface area (Å²) in [5.41, 5.74) is 5.09. The average molecular weight is 384 g/mol. The molecular weight excluding hydrogens is 365 g/mol. The van der Waals surface area contributed by atoms with Crippen molar-refractivity contribution in [1.29, 1.82) is 0 Å². The molecular formula is C22H19F3N2O. The lowest BCUT2D eigenvalue weighted by Crippen LogP contribution is -2.05. The van der Waals surface area contributed by atoms with Crippen LogP contribution in [0.1, 0.15) is 22.3 Å². The number of anilines is 1.